The smallest absolute Gasteiger partial charge is 0.167 e. The van der Waals surface area contributed by atoms with Crippen LogP contribution < -0.4 is 4.74 Å². The van der Waals surface area contributed by atoms with Gasteiger partial charge in [-0.15, -0.1) is 11.6 Å². The molecule has 0 unspecified atom stereocenters. The average Bonchev–Trinajstić information content (AvgIpc) is 2.48. The number of ether oxygens (including phenoxy) is 1. The van der Waals surface area contributed by atoms with Gasteiger partial charge in [-0.25, -0.2) is 0 Å². The number of carbonyl (C=O) groups excluding carboxylic acids is 1. The Labute approximate surface area is 128 Å². The predicted molar refractivity (Wildman–Crippen MR) is 82.1 cm³/mol. The molecule has 0 saturated heterocycles. The molecule has 0 heterocycles. The molecule has 0 saturated carbocycles. The van der Waals surface area contributed by atoms with Gasteiger partial charge in [0.15, 0.2) is 5.78 Å². The first kappa shape index (κ1) is 14.9. The zero-order valence-electron chi connectivity index (χ0n) is 10.8. The summed E-state index contributed by atoms with van der Waals surface area (Å²) in [5.41, 5.74) is 1.48. The zero-order valence-corrected chi connectivity index (χ0v) is 12.3. The third-order valence-electron chi connectivity index (χ3n) is 2.83. The minimum absolute atomic E-state index is 0.0296. The van der Waals surface area contributed by atoms with Gasteiger partial charge in [0.05, 0.1) is 5.88 Å². The molecule has 0 aliphatic rings. The van der Waals surface area contributed by atoms with Crippen molar-refractivity contribution < 1.29 is 9.53 Å². The SMILES string of the molecule is O=C(Cc1ccccc1Cl)c1ccc(OCCCl)cc1. The van der Waals surface area contributed by atoms with Gasteiger partial charge in [0.2, 0.25) is 0 Å². The summed E-state index contributed by atoms with van der Waals surface area (Å²) >= 11 is 11.6. The third-order valence-corrected chi connectivity index (χ3v) is 3.35. The summed E-state index contributed by atoms with van der Waals surface area (Å²) in [5.74, 6) is 1.18. The van der Waals surface area contributed by atoms with Gasteiger partial charge >= 0.3 is 0 Å². The fraction of sp³-hybridized carbons (Fsp3) is 0.188. The Morgan fingerprint density at radius 3 is 2.40 bits per heavy atom. The maximum atomic E-state index is 12.2. The highest BCUT2D eigenvalue weighted by Crippen LogP contribution is 2.18. The summed E-state index contributed by atoms with van der Waals surface area (Å²) in [4.78, 5) is 12.2. The molecule has 2 nitrogen and oxygen atoms in total. The van der Waals surface area contributed by atoms with Crippen LogP contribution in [0, 0.1) is 0 Å². The predicted octanol–water partition coefficient (Wildman–Crippen LogP) is 4.38. The Bertz CT molecular complexity index is 579. The maximum absolute atomic E-state index is 12.2. The van der Waals surface area contributed by atoms with Crippen molar-refractivity contribution in [2.75, 3.05) is 12.5 Å². The summed E-state index contributed by atoms with van der Waals surface area (Å²) < 4.78 is 5.36. The Balaban J connectivity index is 2.04. The van der Waals surface area contributed by atoms with Crippen LogP contribution in [-0.4, -0.2) is 18.3 Å². The lowest BCUT2D eigenvalue weighted by Crippen LogP contribution is -2.04. The van der Waals surface area contributed by atoms with E-state index in [0.717, 1.165) is 5.56 Å². The van der Waals surface area contributed by atoms with E-state index >= 15 is 0 Å². The molecule has 0 atom stereocenters. The highest BCUT2D eigenvalue weighted by molar-refractivity contribution is 6.31. The summed E-state index contributed by atoms with van der Waals surface area (Å²) in [5, 5.41) is 0.614. The fourth-order valence-corrected chi connectivity index (χ4v) is 2.09. The number of benzene rings is 2. The lowest BCUT2D eigenvalue weighted by molar-refractivity contribution is 0.0993. The van der Waals surface area contributed by atoms with E-state index in [0.29, 0.717) is 35.2 Å². The van der Waals surface area contributed by atoms with Crippen LogP contribution >= 0.6 is 23.2 Å². The molecule has 0 aliphatic heterocycles. The average molecular weight is 309 g/mol. The van der Waals surface area contributed by atoms with Crippen LogP contribution in [0.1, 0.15) is 15.9 Å². The molecule has 0 radical (unpaired) electrons. The molecular weight excluding hydrogens is 295 g/mol. The first-order valence-electron chi connectivity index (χ1n) is 6.26. The van der Waals surface area contributed by atoms with E-state index in [2.05, 4.69) is 0 Å². The molecule has 2 rings (SSSR count). The molecule has 4 heteroatoms. The van der Waals surface area contributed by atoms with Crippen LogP contribution in [0.5, 0.6) is 5.75 Å². The number of rotatable bonds is 6. The zero-order chi connectivity index (χ0) is 14.4. The van der Waals surface area contributed by atoms with Crippen molar-refractivity contribution in [3.05, 3.63) is 64.7 Å². The van der Waals surface area contributed by atoms with E-state index in [1.54, 1.807) is 30.3 Å². The standard InChI is InChI=1S/C16H14Cl2O2/c17-9-10-20-14-7-5-12(6-8-14)16(19)11-13-3-1-2-4-15(13)18/h1-8H,9-11H2. The maximum Gasteiger partial charge on any atom is 0.167 e. The van der Waals surface area contributed by atoms with E-state index in [-0.39, 0.29) is 5.78 Å². The van der Waals surface area contributed by atoms with Crippen molar-refractivity contribution in [1.29, 1.82) is 0 Å². The number of halogens is 2. The second kappa shape index (κ2) is 7.32. The first-order valence-corrected chi connectivity index (χ1v) is 7.17. The summed E-state index contributed by atoms with van der Waals surface area (Å²) in [6.07, 6.45) is 0.293. The molecule has 0 amide bonds. The number of carbonyl (C=O) groups is 1. The van der Waals surface area contributed by atoms with Crippen molar-refractivity contribution >= 4 is 29.0 Å². The van der Waals surface area contributed by atoms with Gasteiger partial charge in [-0.05, 0) is 35.9 Å². The summed E-state index contributed by atoms with van der Waals surface area (Å²) in [6.45, 7) is 0.453. The second-order valence-electron chi connectivity index (χ2n) is 4.25. The van der Waals surface area contributed by atoms with Crippen LogP contribution in [0.25, 0.3) is 0 Å². The number of hydrogen-bond acceptors (Lipinski definition) is 2. The van der Waals surface area contributed by atoms with E-state index < -0.39 is 0 Å². The van der Waals surface area contributed by atoms with Gasteiger partial charge in [0, 0.05) is 17.0 Å². The van der Waals surface area contributed by atoms with Gasteiger partial charge in [-0.3, -0.25) is 4.79 Å². The molecular formula is C16H14Cl2O2. The van der Waals surface area contributed by atoms with E-state index in [1.807, 2.05) is 18.2 Å². The van der Waals surface area contributed by atoms with Crippen molar-refractivity contribution in [2.24, 2.45) is 0 Å². The quantitative estimate of drug-likeness (QED) is 0.584. The normalized spacial score (nSPS) is 10.3. The van der Waals surface area contributed by atoms with E-state index in [4.69, 9.17) is 27.9 Å². The highest BCUT2D eigenvalue weighted by Gasteiger charge is 2.09. The van der Waals surface area contributed by atoms with Crippen LogP contribution in [0.3, 0.4) is 0 Å². The number of ketones is 1. The van der Waals surface area contributed by atoms with Crippen LogP contribution in [-0.2, 0) is 6.42 Å². The van der Waals surface area contributed by atoms with Crippen molar-refractivity contribution in [2.45, 2.75) is 6.42 Å². The highest BCUT2D eigenvalue weighted by atomic mass is 35.5. The van der Waals surface area contributed by atoms with Gasteiger partial charge in [-0.2, -0.15) is 0 Å². The minimum Gasteiger partial charge on any atom is -0.492 e. The fourth-order valence-electron chi connectivity index (χ4n) is 1.81. The number of Topliss-reactive ketones (excluding diaryl/α,β-unsaturated/α-hetero) is 1. The molecule has 0 aromatic heterocycles. The summed E-state index contributed by atoms with van der Waals surface area (Å²) in [7, 11) is 0. The first-order chi connectivity index (χ1) is 9.70. The minimum atomic E-state index is 0.0296. The lowest BCUT2D eigenvalue weighted by atomic mass is 10.0. The summed E-state index contributed by atoms with van der Waals surface area (Å²) in [6, 6.07) is 14.4. The molecule has 0 fully saturated rings. The Morgan fingerprint density at radius 1 is 1.05 bits per heavy atom. The molecule has 104 valence electrons. The second-order valence-corrected chi connectivity index (χ2v) is 5.04. The third kappa shape index (κ3) is 3.99. The van der Waals surface area contributed by atoms with Crippen LogP contribution in [0.2, 0.25) is 5.02 Å². The van der Waals surface area contributed by atoms with Crippen LogP contribution in [0.15, 0.2) is 48.5 Å². The van der Waals surface area contributed by atoms with Gasteiger partial charge in [0.1, 0.15) is 12.4 Å². The van der Waals surface area contributed by atoms with Crippen LogP contribution in [0.4, 0.5) is 0 Å². The van der Waals surface area contributed by atoms with Crippen molar-refractivity contribution in [1.82, 2.24) is 0 Å². The molecule has 20 heavy (non-hydrogen) atoms. The molecule has 0 spiro atoms. The molecule has 0 N–H and O–H groups in total. The molecule has 2 aromatic carbocycles. The molecule has 0 bridgehead atoms. The lowest BCUT2D eigenvalue weighted by Gasteiger charge is -2.06. The largest absolute Gasteiger partial charge is 0.492 e. The monoisotopic (exact) mass is 308 g/mol. The van der Waals surface area contributed by atoms with Gasteiger partial charge in [-0.1, -0.05) is 29.8 Å². The van der Waals surface area contributed by atoms with Gasteiger partial charge < -0.3 is 4.74 Å². The van der Waals surface area contributed by atoms with Crippen molar-refractivity contribution in [3.63, 3.8) is 0 Å². The van der Waals surface area contributed by atoms with Gasteiger partial charge in [0.25, 0.3) is 0 Å². The molecule has 2 aromatic rings. The van der Waals surface area contributed by atoms with E-state index in [1.165, 1.54) is 0 Å². The Kier molecular flexibility index (Phi) is 5.45. The number of hydrogen-bond donors (Lipinski definition) is 0. The topological polar surface area (TPSA) is 26.3 Å². The molecule has 0 aliphatic carbocycles. The van der Waals surface area contributed by atoms with E-state index in [9.17, 15) is 4.79 Å². The number of alkyl halides is 1. The Hall–Kier alpha value is -1.51. The Morgan fingerprint density at radius 2 is 1.75 bits per heavy atom. The van der Waals surface area contributed by atoms with Crippen molar-refractivity contribution in [3.8, 4) is 5.75 Å².